The van der Waals surface area contributed by atoms with E-state index in [1.54, 1.807) is 19.2 Å². The number of rotatable bonds is 5. The Hall–Kier alpha value is -2.70. The molecule has 7 heteroatoms. The Morgan fingerprint density at radius 1 is 1.16 bits per heavy atom. The molecule has 2 heterocycles. The number of alkyl halides is 3. The van der Waals surface area contributed by atoms with Gasteiger partial charge in [-0.05, 0) is 48.7 Å². The highest BCUT2D eigenvalue weighted by atomic mass is 19.4. The summed E-state index contributed by atoms with van der Waals surface area (Å²) >= 11 is 0. The summed E-state index contributed by atoms with van der Waals surface area (Å²) in [5, 5.41) is 3.54. The van der Waals surface area contributed by atoms with Crippen LogP contribution in [0.15, 0.2) is 42.5 Å². The van der Waals surface area contributed by atoms with Crippen molar-refractivity contribution < 1.29 is 22.7 Å². The highest BCUT2D eigenvalue weighted by Crippen LogP contribution is 2.51. The Labute approximate surface area is 180 Å². The van der Waals surface area contributed by atoms with Crippen molar-refractivity contribution in [2.24, 2.45) is 5.92 Å². The van der Waals surface area contributed by atoms with Crippen molar-refractivity contribution in [2.45, 2.75) is 50.9 Å². The van der Waals surface area contributed by atoms with Crippen molar-refractivity contribution in [1.29, 1.82) is 0 Å². The van der Waals surface area contributed by atoms with E-state index in [9.17, 15) is 18.0 Å². The number of nitrogens with zero attached hydrogens (tertiary/aromatic N) is 1. The van der Waals surface area contributed by atoms with Gasteiger partial charge in [0.15, 0.2) is 0 Å². The maximum absolute atomic E-state index is 13.0. The predicted molar refractivity (Wildman–Crippen MR) is 113 cm³/mol. The molecule has 1 N–H and O–H groups in total. The number of hydrogen-bond donors (Lipinski definition) is 1. The minimum absolute atomic E-state index is 0.0610. The molecule has 0 unspecified atom stereocenters. The van der Waals surface area contributed by atoms with Crippen molar-refractivity contribution in [3.63, 3.8) is 0 Å². The fourth-order valence-corrected chi connectivity index (χ4v) is 4.85. The van der Waals surface area contributed by atoms with E-state index >= 15 is 0 Å². The molecule has 2 aliphatic heterocycles. The van der Waals surface area contributed by atoms with Crippen LogP contribution in [0.4, 0.5) is 18.9 Å². The van der Waals surface area contributed by atoms with E-state index in [4.69, 9.17) is 4.74 Å². The van der Waals surface area contributed by atoms with E-state index in [2.05, 4.69) is 12.2 Å². The molecule has 0 saturated carbocycles. The zero-order valence-electron chi connectivity index (χ0n) is 17.7. The molecule has 2 aromatic rings. The maximum atomic E-state index is 13.0. The first-order chi connectivity index (χ1) is 14.8. The zero-order valence-corrected chi connectivity index (χ0v) is 17.7. The molecule has 31 heavy (non-hydrogen) atoms. The average Bonchev–Trinajstić information content (AvgIpc) is 2.77. The van der Waals surface area contributed by atoms with Crippen LogP contribution in [0, 0.1) is 5.92 Å². The molecule has 2 aromatic carbocycles. The summed E-state index contributed by atoms with van der Waals surface area (Å²) in [6.45, 7) is 2.77. The minimum Gasteiger partial charge on any atom is -0.497 e. The smallest absolute Gasteiger partial charge is 0.416 e. The molecule has 0 aliphatic carbocycles. The van der Waals surface area contributed by atoms with Gasteiger partial charge < -0.3 is 15.0 Å². The lowest BCUT2D eigenvalue weighted by Gasteiger charge is -2.49. The number of unbranched alkanes of at least 4 members (excludes halogenated alkanes) is 1. The van der Waals surface area contributed by atoms with Gasteiger partial charge in [0.1, 0.15) is 5.75 Å². The van der Waals surface area contributed by atoms with Crippen molar-refractivity contribution in [3.05, 3.63) is 59.2 Å². The second-order valence-corrected chi connectivity index (χ2v) is 8.28. The molecule has 0 radical (unpaired) electrons. The average molecular weight is 432 g/mol. The summed E-state index contributed by atoms with van der Waals surface area (Å²) in [5.41, 5.74) is 2.05. The molecule has 0 bridgehead atoms. The third kappa shape index (κ3) is 4.10. The van der Waals surface area contributed by atoms with Gasteiger partial charge in [-0.2, -0.15) is 13.2 Å². The van der Waals surface area contributed by atoms with Crippen LogP contribution in [0.5, 0.6) is 5.75 Å². The number of hydrogen-bond acceptors (Lipinski definition) is 3. The highest BCUT2D eigenvalue weighted by Gasteiger charge is 2.45. The van der Waals surface area contributed by atoms with Gasteiger partial charge in [-0.25, -0.2) is 0 Å². The maximum Gasteiger partial charge on any atom is 0.416 e. The van der Waals surface area contributed by atoms with Crippen LogP contribution in [0.3, 0.4) is 0 Å². The summed E-state index contributed by atoms with van der Waals surface area (Å²) < 4.78 is 44.5. The number of likely N-dealkylation sites (tertiary alicyclic amines) is 1. The number of fused-ring (bicyclic) bond motifs is 3. The summed E-state index contributed by atoms with van der Waals surface area (Å²) in [7, 11) is 1.61. The fourth-order valence-electron chi connectivity index (χ4n) is 4.85. The van der Waals surface area contributed by atoms with Gasteiger partial charge in [0.25, 0.3) is 0 Å². The monoisotopic (exact) mass is 432 g/mol. The summed E-state index contributed by atoms with van der Waals surface area (Å²) in [5.74, 6) is 0.920. The number of benzene rings is 2. The quantitative estimate of drug-likeness (QED) is 0.634. The first-order valence-electron chi connectivity index (χ1n) is 10.7. The number of nitrogens with one attached hydrogen (secondary N) is 1. The van der Waals surface area contributed by atoms with Gasteiger partial charge >= 0.3 is 6.18 Å². The van der Waals surface area contributed by atoms with Gasteiger partial charge in [-0.3, -0.25) is 4.79 Å². The van der Waals surface area contributed by atoms with Crippen molar-refractivity contribution in [2.75, 3.05) is 19.0 Å². The number of ether oxygens (including phenoxy) is 1. The van der Waals surface area contributed by atoms with Crippen LogP contribution in [-0.4, -0.2) is 24.5 Å². The van der Waals surface area contributed by atoms with Gasteiger partial charge in [-0.1, -0.05) is 25.5 Å². The minimum atomic E-state index is -4.36. The SMILES string of the molecule is CCCCN1C(=O)CC[C@H]2[C@@H](c3ccc(C(F)(F)F)cc3)Nc3ccc(OC)cc3[C@H]21. The number of amides is 1. The lowest BCUT2D eigenvalue weighted by atomic mass is 9.74. The van der Waals surface area contributed by atoms with Gasteiger partial charge in [0.05, 0.1) is 24.8 Å². The van der Waals surface area contributed by atoms with E-state index < -0.39 is 11.7 Å². The second kappa shape index (κ2) is 8.44. The third-order valence-corrected chi connectivity index (χ3v) is 6.42. The van der Waals surface area contributed by atoms with Crippen molar-refractivity contribution >= 4 is 11.6 Å². The number of halogens is 3. The summed E-state index contributed by atoms with van der Waals surface area (Å²) in [6.07, 6.45) is -1.35. The van der Waals surface area contributed by atoms with Gasteiger partial charge in [0.2, 0.25) is 5.91 Å². The molecule has 0 aromatic heterocycles. The molecular formula is C24H27F3N2O2. The lowest BCUT2D eigenvalue weighted by molar-refractivity contribution is -0.140. The summed E-state index contributed by atoms with van der Waals surface area (Å²) in [6, 6.07) is 10.8. The standard InChI is InChI=1S/C24H27F3N2O2/c1-3-4-13-29-21(30)12-10-18-22(15-5-7-16(8-6-15)24(25,26)27)28-20-11-9-17(31-2)14-19(20)23(18)29/h5-9,11,14,18,22-23,28H,3-4,10,12-13H2,1-2H3/t18-,22+,23-/m0/s1. The van der Waals surface area contributed by atoms with Crippen molar-refractivity contribution in [3.8, 4) is 5.75 Å². The molecule has 1 fully saturated rings. The lowest BCUT2D eigenvalue weighted by Crippen LogP contribution is -2.48. The van der Waals surface area contributed by atoms with Crippen LogP contribution >= 0.6 is 0 Å². The molecule has 166 valence electrons. The molecule has 0 spiro atoms. The van der Waals surface area contributed by atoms with E-state index in [0.717, 1.165) is 47.5 Å². The van der Waals surface area contributed by atoms with E-state index in [0.29, 0.717) is 19.4 Å². The Balaban J connectivity index is 1.76. The topological polar surface area (TPSA) is 41.6 Å². The molecule has 1 amide bonds. The van der Waals surface area contributed by atoms with E-state index in [1.807, 2.05) is 23.1 Å². The first kappa shape index (κ1) is 21.5. The third-order valence-electron chi connectivity index (χ3n) is 6.42. The first-order valence-corrected chi connectivity index (χ1v) is 10.7. The zero-order chi connectivity index (χ0) is 22.2. The number of anilines is 1. The Morgan fingerprint density at radius 2 is 1.90 bits per heavy atom. The molecule has 1 saturated heterocycles. The fraction of sp³-hybridized carbons (Fsp3) is 0.458. The molecular weight excluding hydrogens is 405 g/mol. The molecule has 4 rings (SSSR count). The van der Waals surface area contributed by atoms with Crippen LogP contribution < -0.4 is 10.1 Å². The number of carbonyl (C=O) groups excluding carboxylic acids is 1. The number of piperidine rings is 1. The highest BCUT2D eigenvalue weighted by molar-refractivity contribution is 5.79. The largest absolute Gasteiger partial charge is 0.497 e. The molecule has 2 aliphatic rings. The Bertz CT molecular complexity index is 943. The number of carbonyl (C=O) groups is 1. The number of methoxy groups -OCH3 is 1. The van der Waals surface area contributed by atoms with Gasteiger partial charge in [-0.15, -0.1) is 0 Å². The second-order valence-electron chi connectivity index (χ2n) is 8.28. The van der Waals surface area contributed by atoms with Crippen LogP contribution in [0.1, 0.15) is 61.4 Å². The Kier molecular flexibility index (Phi) is 5.86. The summed E-state index contributed by atoms with van der Waals surface area (Å²) in [4.78, 5) is 14.8. The van der Waals surface area contributed by atoms with Crippen molar-refractivity contribution in [1.82, 2.24) is 4.90 Å². The van der Waals surface area contributed by atoms with Crippen LogP contribution in [0.25, 0.3) is 0 Å². The predicted octanol–water partition coefficient (Wildman–Crippen LogP) is 5.96. The molecule has 3 atom stereocenters. The Morgan fingerprint density at radius 3 is 2.55 bits per heavy atom. The normalized spacial score (nSPS) is 23.1. The molecule has 4 nitrogen and oxygen atoms in total. The van der Waals surface area contributed by atoms with Crippen LogP contribution in [-0.2, 0) is 11.0 Å². The van der Waals surface area contributed by atoms with E-state index in [-0.39, 0.29) is 23.9 Å². The van der Waals surface area contributed by atoms with Gasteiger partial charge in [0, 0.05) is 30.1 Å². The van der Waals surface area contributed by atoms with E-state index in [1.165, 1.54) is 0 Å². The van der Waals surface area contributed by atoms with Crippen LogP contribution in [0.2, 0.25) is 0 Å².